The number of methoxy groups -OCH3 is 1. The van der Waals surface area contributed by atoms with Crippen LogP contribution in [-0.4, -0.2) is 29.1 Å². The summed E-state index contributed by atoms with van der Waals surface area (Å²) in [5.41, 5.74) is 3.73. The minimum absolute atomic E-state index is 0.122. The van der Waals surface area contributed by atoms with E-state index in [2.05, 4.69) is 34.7 Å². The summed E-state index contributed by atoms with van der Waals surface area (Å²) in [5, 5.41) is 2.87. The summed E-state index contributed by atoms with van der Waals surface area (Å²) < 4.78 is 7.43. The second kappa shape index (κ2) is 7.87. The molecule has 0 spiro atoms. The Morgan fingerprint density at radius 2 is 1.92 bits per heavy atom. The number of hydrogen-bond donors (Lipinski definition) is 1. The number of fused-ring (bicyclic) bond motifs is 1. The molecule has 0 saturated carbocycles. The van der Waals surface area contributed by atoms with E-state index in [1.807, 2.05) is 30.3 Å². The first-order valence-corrected chi connectivity index (χ1v) is 8.59. The summed E-state index contributed by atoms with van der Waals surface area (Å²) in [6.07, 6.45) is 0.657. The average Bonchev–Trinajstić information content (AvgIpc) is 3.00. The molecule has 0 aliphatic heterocycles. The third kappa shape index (κ3) is 3.94. The van der Waals surface area contributed by atoms with Gasteiger partial charge in [0.15, 0.2) is 0 Å². The summed E-state index contributed by atoms with van der Waals surface area (Å²) in [6.45, 7) is 6.60. The molecule has 0 unspecified atom stereocenters. The molecule has 1 aromatic heterocycles. The molecule has 2 aromatic carbocycles. The van der Waals surface area contributed by atoms with Crippen LogP contribution in [0.5, 0.6) is 5.75 Å². The Morgan fingerprint density at radius 3 is 2.62 bits per heavy atom. The average molecular weight is 349 g/mol. The predicted molar refractivity (Wildman–Crippen MR) is 103 cm³/mol. The zero-order valence-corrected chi connectivity index (χ0v) is 15.2. The van der Waals surface area contributed by atoms with E-state index < -0.39 is 0 Å². The van der Waals surface area contributed by atoms with Crippen LogP contribution in [0.2, 0.25) is 0 Å². The van der Waals surface area contributed by atoms with Crippen molar-refractivity contribution in [2.45, 2.75) is 19.9 Å². The smallest absolute Gasteiger partial charge is 0.246 e. The van der Waals surface area contributed by atoms with Gasteiger partial charge in [-0.15, -0.1) is 0 Å². The third-order valence-corrected chi connectivity index (χ3v) is 4.26. The molecule has 0 atom stereocenters. The second-order valence-electron chi connectivity index (χ2n) is 6.24. The molecule has 5 nitrogen and oxygen atoms in total. The molecule has 0 radical (unpaired) electrons. The molecule has 5 heteroatoms. The molecule has 0 aliphatic carbocycles. The van der Waals surface area contributed by atoms with Crippen molar-refractivity contribution >= 4 is 16.9 Å². The van der Waals surface area contributed by atoms with Crippen LogP contribution in [0.3, 0.4) is 0 Å². The monoisotopic (exact) mass is 349 g/mol. The van der Waals surface area contributed by atoms with Crippen molar-refractivity contribution in [1.29, 1.82) is 0 Å². The Labute approximate surface area is 153 Å². The summed E-state index contributed by atoms with van der Waals surface area (Å²) in [6, 6.07) is 16.1. The van der Waals surface area contributed by atoms with Crippen LogP contribution in [0.1, 0.15) is 18.3 Å². The topological polar surface area (TPSA) is 56.2 Å². The number of nitrogens with one attached hydrogen (secondary N) is 1. The molecular formula is C21H23N3O2. The quantitative estimate of drug-likeness (QED) is 0.666. The lowest BCUT2D eigenvalue weighted by molar-refractivity contribution is -0.117. The number of aromatic nitrogens is 2. The highest BCUT2D eigenvalue weighted by Gasteiger charge is 2.11. The number of ether oxygens (including phenoxy) is 1. The van der Waals surface area contributed by atoms with Crippen molar-refractivity contribution in [2.75, 3.05) is 13.7 Å². The van der Waals surface area contributed by atoms with E-state index in [9.17, 15) is 4.79 Å². The standard InChI is InChI=1S/C21H23N3O2/c1-15(2)21(25)22-13-12-20-23-18-6-4-5-7-19(18)24(20)14-16-8-10-17(26-3)11-9-16/h4-11H,1,12-14H2,2-3H3,(H,22,25). The summed E-state index contributed by atoms with van der Waals surface area (Å²) in [7, 11) is 1.66. The van der Waals surface area contributed by atoms with Crippen LogP contribution in [0.25, 0.3) is 11.0 Å². The maximum absolute atomic E-state index is 11.7. The highest BCUT2D eigenvalue weighted by atomic mass is 16.5. The van der Waals surface area contributed by atoms with Gasteiger partial charge in [0.2, 0.25) is 5.91 Å². The van der Waals surface area contributed by atoms with Crippen LogP contribution in [0, 0.1) is 0 Å². The number of para-hydroxylation sites is 2. The second-order valence-corrected chi connectivity index (χ2v) is 6.24. The van der Waals surface area contributed by atoms with Crippen molar-refractivity contribution < 1.29 is 9.53 Å². The van der Waals surface area contributed by atoms with Gasteiger partial charge in [-0.3, -0.25) is 4.79 Å². The third-order valence-electron chi connectivity index (χ3n) is 4.26. The minimum Gasteiger partial charge on any atom is -0.497 e. The van der Waals surface area contributed by atoms with E-state index in [0.717, 1.165) is 22.6 Å². The molecule has 3 aromatic rings. The van der Waals surface area contributed by atoms with E-state index in [1.54, 1.807) is 14.0 Å². The number of hydrogen-bond acceptors (Lipinski definition) is 3. The van der Waals surface area contributed by atoms with Gasteiger partial charge in [0.25, 0.3) is 0 Å². The fourth-order valence-corrected chi connectivity index (χ4v) is 2.84. The van der Waals surface area contributed by atoms with E-state index in [4.69, 9.17) is 9.72 Å². The molecule has 26 heavy (non-hydrogen) atoms. The van der Waals surface area contributed by atoms with Gasteiger partial charge < -0.3 is 14.6 Å². The molecule has 0 bridgehead atoms. The number of imidazole rings is 1. The minimum atomic E-state index is -0.122. The van der Waals surface area contributed by atoms with E-state index >= 15 is 0 Å². The summed E-state index contributed by atoms with van der Waals surface area (Å²) in [4.78, 5) is 16.4. The normalized spacial score (nSPS) is 10.7. The van der Waals surface area contributed by atoms with E-state index in [1.165, 1.54) is 5.56 Å². The van der Waals surface area contributed by atoms with Gasteiger partial charge in [-0.2, -0.15) is 0 Å². The van der Waals surface area contributed by atoms with Crippen LogP contribution < -0.4 is 10.1 Å². The van der Waals surface area contributed by atoms with Gasteiger partial charge in [-0.25, -0.2) is 4.98 Å². The lowest BCUT2D eigenvalue weighted by Gasteiger charge is -2.11. The van der Waals surface area contributed by atoms with Crippen molar-refractivity contribution in [3.05, 3.63) is 72.1 Å². The van der Waals surface area contributed by atoms with E-state index in [0.29, 0.717) is 25.1 Å². The fraction of sp³-hybridized carbons (Fsp3) is 0.238. The van der Waals surface area contributed by atoms with Crippen LogP contribution in [0.15, 0.2) is 60.7 Å². The number of rotatable bonds is 7. The van der Waals surface area contributed by atoms with Crippen molar-refractivity contribution in [1.82, 2.24) is 14.9 Å². The first-order valence-electron chi connectivity index (χ1n) is 8.59. The fourth-order valence-electron chi connectivity index (χ4n) is 2.84. The highest BCUT2D eigenvalue weighted by molar-refractivity contribution is 5.92. The largest absolute Gasteiger partial charge is 0.497 e. The number of carbonyl (C=O) groups is 1. The van der Waals surface area contributed by atoms with Crippen molar-refractivity contribution in [3.8, 4) is 5.75 Å². The first-order chi connectivity index (χ1) is 12.6. The maximum atomic E-state index is 11.7. The van der Waals surface area contributed by atoms with Gasteiger partial charge in [0.1, 0.15) is 11.6 Å². The van der Waals surface area contributed by atoms with Crippen LogP contribution in [0.4, 0.5) is 0 Å². The molecule has 0 aliphatic rings. The molecule has 1 N–H and O–H groups in total. The Bertz CT molecular complexity index is 926. The first kappa shape index (κ1) is 17.7. The number of carbonyl (C=O) groups excluding carboxylic acids is 1. The summed E-state index contributed by atoms with van der Waals surface area (Å²) in [5.74, 6) is 1.67. The lowest BCUT2D eigenvalue weighted by atomic mass is 10.2. The van der Waals surface area contributed by atoms with Gasteiger partial charge in [0.05, 0.1) is 18.1 Å². The Hall–Kier alpha value is -3.08. The van der Waals surface area contributed by atoms with Crippen LogP contribution >= 0.6 is 0 Å². The van der Waals surface area contributed by atoms with Gasteiger partial charge in [-0.05, 0) is 36.8 Å². The lowest BCUT2D eigenvalue weighted by Crippen LogP contribution is -2.26. The molecule has 1 heterocycles. The molecule has 1 amide bonds. The van der Waals surface area contributed by atoms with Crippen molar-refractivity contribution in [2.24, 2.45) is 0 Å². The van der Waals surface area contributed by atoms with Gasteiger partial charge >= 0.3 is 0 Å². The number of benzene rings is 2. The molecule has 0 fully saturated rings. The Morgan fingerprint density at radius 1 is 1.19 bits per heavy atom. The van der Waals surface area contributed by atoms with Gasteiger partial charge in [0, 0.05) is 25.1 Å². The highest BCUT2D eigenvalue weighted by Crippen LogP contribution is 2.19. The maximum Gasteiger partial charge on any atom is 0.246 e. The van der Waals surface area contributed by atoms with Gasteiger partial charge in [-0.1, -0.05) is 30.8 Å². The molecule has 3 rings (SSSR count). The van der Waals surface area contributed by atoms with Crippen LogP contribution in [-0.2, 0) is 17.8 Å². The molecule has 0 saturated heterocycles. The molecule has 134 valence electrons. The van der Waals surface area contributed by atoms with E-state index in [-0.39, 0.29) is 5.91 Å². The SMILES string of the molecule is C=C(C)C(=O)NCCc1nc2ccccc2n1Cc1ccc(OC)cc1. The Balaban J connectivity index is 1.84. The number of amides is 1. The zero-order valence-electron chi connectivity index (χ0n) is 15.2. The van der Waals surface area contributed by atoms with Crippen molar-refractivity contribution in [3.63, 3.8) is 0 Å². The number of nitrogens with zero attached hydrogens (tertiary/aromatic N) is 2. The summed E-state index contributed by atoms with van der Waals surface area (Å²) >= 11 is 0. The predicted octanol–water partition coefficient (Wildman–Crippen LogP) is 3.33. The zero-order chi connectivity index (χ0) is 18.5. The Kier molecular flexibility index (Phi) is 5.37. The molecular weight excluding hydrogens is 326 g/mol.